The molecule has 1 saturated heterocycles. The van der Waals surface area contributed by atoms with Crippen molar-refractivity contribution in [3.63, 3.8) is 0 Å². The Morgan fingerprint density at radius 2 is 2.00 bits per heavy atom. The van der Waals surface area contributed by atoms with Crippen molar-refractivity contribution in [3.8, 4) is 5.75 Å². The highest BCUT2D eigenvalue weighted by Gasteiger charge is 2.33. The van der Waals surface area contributed by atoms with Gasteiger partial charge in [0.1, 0.15) is 5.75 Å². The second-order valence-electron chi connectivity index (χ2n) is 9.29. The molecule has 0 amide bonds. The van der Waals surface area contributed by atoms with E-state index < -0.39 is 5.97 Å². The average Bonchev–Trinajstić information content (AvgIpc) is 2.88. The number of likely N-dealkylation sites (tertiary alicyclic amines) is 1. The van der Waals surface area contributed by atoms with E-state index in [9.17, 15) is 9.90 Å². The van der Waals surface area contributed by atoms with Crippen LogP contribution in [0.25, 0.3) is 10.9 Å². The number of halogens is 2. The molecule has 1 aliphatic rings. The van der Waals surface area contributed by atoms with E-state index in [0.29, 0.717) is 16.6 Å². The summed E-state index contributed by atoms with van der Waals surface area (Å²) in [5.74, 6) is 0.923. The Morgan fingerprint density at radius 1 is 1.19 bits per heavy atom. The first-order valence-corrected chi connectivity index (χ1v) is 14.1. The van der Waals surface area contributed by atoms with Gasteiger partial charge in [-0.05, 0) is 98.8 Å². The van der Waals surface area contributed by atoms with Gasteiger partial charge in [0, 0.05) is 23.0 Å². The lowest BCUT2D eigenvalue weighted by molar-refractivity contribution is -0.146. The Morgan fingerprint density at radius 3 is 2.75 bits per heavy atom. The monoisotopic (exact) mass is 546 g/mol. The van der Waals surface area contributed by atoms with Gasteiger partial charge in [0.2, 0.25) is 0 Å². The summed E-state index contributed by atoms with van der Waals surface area (Å²) in [7, 11) is 1.67. The molecule has 0 radical (unpaired) electrons. The van der Waals surface area contributed by atoms with Crippen molar-refractivity contribution in [2.45, 2.75) is 37.0 Å². The second kappa shape index (κ2) is 13.0. The first kappa shape index (κ1) is 27.1. The van der Waals surface area contributed by atoms with Gasteiger partial charge in [-0.25, -0.2) is 0 Å². The van der Waals surface area contributed by atoms with Crippen LogP contribution in [-0.4, -0.2) is 53.5 Å². The molecule has 192 valence electrons. The zero-order chi connectivity index (χ0) is 25.5. The van der Waals surface area contributed by atoms with E-state index in [-0.39, 0.29) is 11.8 Å². The van der Waals surface area contributed by atoms with Gasteiger partial charge in [0.25, 0.3) is 0 Å². The molecule has 0 spiro atoms. The summed E-state index contributed by atoms with van der Waals surface area (Å²) < 4.78 is 5.38. The molecule has 1 aromatic heterocycles. The number of aromatic nitrogens is 1. The molecule has 0 unspecified atom stereocenters. The van der Waals surface area contributed by atoms with Crippen LogP contribution < -0.4 is 4.74 Å². The number of piperidine rings is 1. The molecular weight excluding hydrogens is 515 g/mol. The SMILES string of the molecule is COc1ccc2nccc(CCC[C@@H]3CCN(CCCSc4c(Cl)cccc4Cl)C[C@@H]3C(=O)O)c2c1. The van der Waals surface area contributed by atoms with Crippen LogP contribution in [0.5, 0.6) is 5.75 Å². The molecule has 1 fully saturated rings. The molecule has 8 heteroatoms. The smallest absolute Gasteiger partial charge is 0.308 e. The number of hydrogen-bond donors (Lipinski definition) is 1. The molecule has 2 atom stereocenters. The van der Waals surface area contributed by atoms with Crippen molar-refractivity contribution in [1.82, 2.24) is 9.88 Å². The Hall–Kier alpha value is -1.99. The number of carbonyl (C=O) groups is 1. The van der Waals surface area contributed by atoms with E-state index in [1.54, 1.807) is 18.9 Å². The summed E-state index contributed by atoms with van der Waals surface area (Å²) in [6.07, 6.45) is 6.51. The van der Waals surface area contributed by atoms with E-state index in [1.807, 2.05) is 42.6 Å². The second-order valence-corrected chi connectivity index (χ2v) is 11.2. The van der Waals surface area contributed by atoms with Crippen molar-refractivity contribution < 1.29 is 14.6 Å². The number of aliphatic carboxylic acids is 1. The molecule has 1 aliphatic heterocycles. The van der Waals surface area contributed by atoms with Crippen LogP contribution in [0.4, 0.5) is 0 Å². The first-order chi connectivity index (χ1) is 17.5. The minimum absolute atomic E-state index is 0.206. The van der Waals surface area contributed by atoms with Crippen molar-refractivity contribution in [1.29, 1.82) is 0 Å². The highest BCUT2D eigenvalue weighted by molar-refractivity contribution is 7.99. The zero-order valence-electron chi connectivity index (χ0n) is 20.5. The maximum Gasteiger partial charge on any atom is 0.308 e. The quantitative estimate of drug-likeness (QED) is 0.205. The summed E-state index contributed by atoms with van der Waals surface area (Å²) in [4.78, 5) is 19.8. The molecule has 1 N–H and O–H groups in total. The lowest BCUT2D eigenvalue weighted by atomic mass is 9.81. The Bertz CT molecular complexity index is 1170. The number of rotatable bonds is 11. The molecule has 0 saturated carbocycles. The van der Waals surface area contributed by atoms with Gasteiger partial charge in [0.05, 0.1) is 28.6 Å². The van der Waals surface area contributed by atoms with E-state index in [1.165, 1.54) is 5.56 Å². The van der Waals surface area contributed by atoms with Crippen molar-refractivity contribution in [2.24, 2.45) is 11.8 Å². The first-order valence-electron chi connectivity index (χ1n) is 12.4. The summed E-state index contributed by atoms with van der Waals surface area (Å²) in [5.41, 5.74) is 2.19. The van der Waals surface area contributed by atoms with Crippen LogP contribution in [0.3, 0.4) is 0 Å². The van der Waals surface area contributed by atoms with Crippen LogP contribution >= 0.6 is 35.0 Å². The number of pyridine rings is 1. The highest BCUT2D eigenvalue weighted by atomic mass is 35.5. The number of methoxy groups -OCH3 is 1. The van der Waals surface area contributed by atoms with Gasteiger partial charge in [-0.15, -0.1) is 11.8 Å². The standard InChI is InChI=1S/C28H32Cl2N2O3S/c1-35-21-9-10-26-22(17-21)19(11-13-31-26)5-2-6-20-12-15-32(18-23(20)28(33)34)14-4-16-36-27-24(29)7-3-8-25(27)30/h3,7-11,13,17,20,23H,2,4-6,12,14-16,18H2,1H3,(H,33,34)/t20-,23+/m1/s1. The third-order valence-corrected chi connectivity index (χ3v) is 9.08. The number of hydrogen-bond acceptors (Lipinski definition) is 5. The van der Waals surface area contributed by atoms with E-state index in [2.05, 4.69) is 16.0 Å². The number of benzene rings is 2. The fourth-order valence-electron chi connectivity index (χ4n) is 5.06. The predicted molar refractivity (Wildman–Crippen MR) is 149 cm³/mol. The van der Waals surface area contributed by atoms with E-state index in [0.717, 1.165) is 72.5 Å². The summed E-state index contributed by atoms with van der Waals surface area (Å²) in [5, 5.41) is 12.4. The molecule has 2 heterocycles. The molecule has 4 rings (SSSR count). The topological polar surface area (TPSA) is 62.7 Å². The van der Waals surface area contributed by atoms with Gasteiger partial charge < -0.3 is 14.7 Å². The molecule has 0 bridgehead atoms. The number of ether oxygens (including phenoxy) is 1. The number of thioether (sulfide) groups is 1. The number of carboxylic acids is 1. The number of aryl methyl sites for hydroxylation is 1. The highest BCUT2D eigenvalue weighted by Crippen LogP contribution is 2.35. The average molecular weight is 548 g/mol. The van der Waals surface area contributed by atoms with E-state index >= 15 is 0 Å². The van der Waals surface area contributed by atoms with Crippen LogP contribution in [0.1, 0.15) is 31.2 Å². The Balaban J connectivity index is 1.26. The predicted octanol–water partition coefficient (Wildman–Crippen LogP) is 7.08. The minimum Gasteiger partial charge on any atom is -0.497 e. The summed E-state index contributed by atoms with van der Waals surface area (Å²) >= 11 is 14.2. The van der Waals surface area contributed by atoms with Gasteiger partial charge in [-0.2, -0.15) is 0 Å². The van der Waals surface area contributed by atoms with Crippen molar-refractivity contribution in [2.75, 3.05) is 32.5 Å². The van der Waals surface area contributed by atoms with Gasteiger partial charge in [-0.1, -0.05) is 29.3 Å². The van der Waals surface area contributed by atoms with Crippen LogP contribution in [0.2, 0.25) is 10.0 Å². The molecule has 3 aromatic rings. The fraction of sp³-hybridized carbons (Fsp3) is 0.429. The van der Waals surface area contributed by atoms with E-state index in [4.69, 9.17) is 27.9 Å². The number of carboxylic acid groups (broad SMARTS) is 1. The lowest BCUT2D eigenvalue weighted by Crippen LogP contribution is -2.44. The van der Waals surface area contributed by atoms with Crippen molar-refractivity contribution >= 4 is 51.8 Å². The Labute approximate surface area is 227 Å². The Kier molecular flexibility index (Phi) is 9.77. The van der Waals surface area contributed by atoms with Crippen molar-refractivity contribution in [3.05, 3.63) is 64.3 Å². The van der Waals surface area contributed by atoms with Crippen LogP contribution in [-0.2, 0) is 11.2 Å². The fourth-order valence-corrected chi connectivity index (χ4v) is 6.68. The molecular formula is C28H32Cl2N2O3S. The third-order valence-electron chi connectivity index (χ3n) is 7.00. The number of nitrogens with zero attached hydrogens (tertiary/aromatic N) is 2. The van der Waals surface area contributed by atoms with Gasteiger partial charge in [0.15, 0.2) is 0 Å². The van der Waals surface area contributed by atoms with Crippen LogP contribution in [0, 0.1) is 11.8 Å². The zero-order valence-corrected chi connectivity index (χ0v) is 22.8. The maximum absolute atomic E-state index is 12.1. The molecule has 2 aromatic carbocycles. The van der Waals surface area contributed by atoms with Gasteiger partial charge in [-0.3, -0.25) is 9.78 Å². The lowest BCUT2D eigenvalue weighted by Gasteiger charge is -2.36. The van der Waals surface area contributed by atoms with Crippen LogP contribution in [0.15, 0.2) is 53.6 Å². The summed E-state index contributed by atoms with van der Waals surface area (Å²) in [6, 6.07) is 13.6. The molecule has 0 aliphatic carbocycles. The third kappa shape index (κ3) is 6.86. The number of fused-ring (bicyclic) bond motifs is 1. The van der Waals surface area contributed by atoms with Gasteiger partial charge >= 0.3 is 5.97 Å². The molecule has 36 heavy (non-hydrogen) atoms. The summed E-state index contributed by atoms with van der Waals surface area (Å²) in [6.45, 7) is 2.45. The molecule has 5 nitrogen and oxygen atoms in total. The normalized spacial score (nSPS) is 18.4. The maximum atomic E-state index is 12.1. The minimum atomic E-state index is -0.680. The largest absolute Gasteiger partial charge is 0.497 e.